The summed E-state index contributed by atoms with van der Waals surface area (Å²) in [5.41, 5.74) is 2.36. The number of likely N-dealkylation sites (N-methyl/N-ethyl adjacent to an activating group) is 1. The standard InChI is InChI=1S/C24H39N5O3.HI/c1-3-26-24(28-21-7-11-29(12-8-21)17-23(30)25-2)27-16-19-5-4-6-20(15-19)18-32-22-9-13-31-14-10-22;/h4-6,15,21-22H,3,7-14,16-18H2,1-2H3,(H,25,30)(H2,26,27,28);1H. The van der Waals surface area contributed by atoms with Gasteiger partial charge < -0.3 is 25.4 Å². The lowest BCUT2D eigenvalue weighted by atomic mass is 10.1. The highest BCUT2D eigenvalue weighted by Gasteiger charge is 2.21. The number of ether oxygens (including phenoxy) is 2. The second kappa shape index (κ2) is 15.5. The second-order valence-electron chi connectivity index (χ2n) is 8.51. The summed E-state index contributed by atoms with van der Waals surface area (Å²) in [6.45, 7) is 8.06. The Balaban J connectivity index is 0.00000385. The molecule has 0 spiro atoms. The monoisotopic (exact) mass is 573 g/mol. The van der Waals surface area contributed by atoms with Gasteiger partial charge in [0.25, 0.3) is 0 Å². The predicted octanol–water partition coefficient (Wildman–Crippen LogP) is 2.27. The van der Waals surface area contributed by atoms with Crippen molar-refractivity contribution in [1.29, 1.82) is 0 Å². The fraction of sp³-hybridized carbons (Fsp3) is 0.667. The molecular formula is C24H40IN5O3. The first-order chi connectivity index (χ1) is 15.7. The van der Waals surface area contributed by atoms with E-state index in [-0.39, 0.29) is 29.9 Å². The van der Waals surface area contributed by atoms with Crippen LogP contribution in [0.3, 0.4) is 0 Å². The van der Waals surface area contributed by atoms with Crippen molar-refractivity contribution in [3.63, 3.8) is 0 Å². The van der Waals surface area contributed by atoms with Gasteiger partial charge in [-0.2, -0.15) is 0 Å². The lowest BCUT2D eigenvalue weighted by Crippen LogP contribution is -2.50. The fourth-order valence-corrected chi connectivity index (χ4v) is 4.08. The molecule has 2 aliphatic heterocycles. The molecule has 1 aromatic carbocycles. The number of nitrogens with one attached hydrogen (secondary N) is 3. The molecule has 9 heteroatoms. The average Bonchev–Trinajstić information content (AvgIpc) is 2.83. The molecule has 33 heavy (non-hydrogen) atoms. The molecule has 0 radical (unpaired) electrons. The van der Waals surface area contributed by atoms with Gasteiger partial charge in [-0.05, 0) is 43.7 Å². The van der Waals surface area contributed by atoms with Crippen molar-refractivity contribution in [3.8, 4) is 0 Å². The van der Waals surface area contributed by atoms with E-state index in [0.29, 0.717) is 31.8 Å². The Morgan fingerprint density at radius 3 is 2.61 bits per heavy atom. The number of aliphatic imine (C=N–C) groups is 1. The summed E-state index contributed by atoms with van der Waals surface area (Å²) >= 11 is 0. The van der Waals surface area contributed by atoms with Crippen molar-refractivity contribution in [2.75, 3.05) is 46.4 Å². The van der Waals surface area contributed by atoms with Crippen LogP contribution >= 0.6 is 24.0 Å². The Morgan fingerprint density at radius 1 is 1.18 bits per heavy atom. The van der Waals surface area contributed by atoms with Crippen LogP contribution < -0.4 is 16.0 Å². The molecule has 0 atom stereocenters. The van der Waals surface area contributed by atoms with E-state index in [1.54, 1.807) is 7.05 Å². The van der Waals surface area contributed by atoms with Gasteiger partial charge in [-0.1, -0.05) is 24.3 Å². The molecule has 1 amide bonds. The van der Waals surface area contributed by atoms with Gasteiger partial charge in [0.2, 0.25) is 5.91 Å². The molecule has 186 valence electrons. The van der Waals surface area contributed by atoms with Gasteiger partial charge in [-0.15, -0.1) is 24.0 Å². The number of piperidine rings is 1. The van der Waals surface area contributed by atoms with Crippen molar-refractivity contribution >= 4 is 35.8 Å². The van der Waals surface area contributed by atoms with Crippen LogP contribution in [0.25, 0.3) is 0 Å². The van der Waals surface area contributed by atoms with E-state index in [0.717, 1.165) is 64.5 Å². The molecule has 2 fully saturated rings. The number of likely N-dealkylation sites (tertiary alicyclic amines) is 1. The maximum Gasteiger partial charge on any atom is 0.233 e. The molecular weight excluding hydrogens is 533 g/mol. The third kappa shape index (κ3) is 10.2. The Labute approximate surface area is 215 Å². The smallest absolute Gasteiger partial charge is 0.233 e. The summed E-state index contributed by atoms with van der Waals surface area (Å²) in [5, 5.41) is 9.63. The lowest BCUT2D eigenvalue weighted by molar-refractivity contribution is -0.122. The second-order valence-corrected chi connectivity index (χ2v) is 8.51. The minimum Gasteiger partial charge on any atom is -0.381 e. The Morgan fingerprint density at radius 2 is 1.91 bits per heavy atom. The van der Waals surface area contributed by atoms with Crippen LogP contribution in [0.1, 0.15) is 43.7 Å². The largest absolute Gasteiger partial charge is 0.381 e. The van der Waals surface area contributed by atoms with Crippen LogP contribution in [-0.4, -0.2) is 75.4 Å². The van der Waals surface area contributed by atoms with E-state index in [2.05, 4.69) is 52.0 Å². The molecule has 0 aliphatic carbocycles. The van der Waals surface area contributed by atoms with E-state index in [1.807, 2.05) is 0 Å². The zero-order valence-electron chi connectivity index (χ0n) is 20.0. The first-order valence-corrected chi connectivity index (χ1v) is 11.9. The highest BCUT2D eigenvalue weighted by molar-refractivity contribution is 14.0. The molecule has 2 aliphatic rings. The van der Waals surface area contributed by atoms with Gasteiger partial charge in [0, 0.05) is 45.9 Å². The first kappa shape index (κ1) is 27.8. The van der Waals surface area contributed by atoms with Gasteiger partial charge >= 0.3 is 0 Å². The minimum absolute atomic E-state index is 0. The summed E-state index contributed by atoms with van der Waals surface area (Å²) in [5.74, 6) is 0.924. The quantitative estimate of drug-likeness (QED) is 0.239. The fourth-order valence-electron chi connectivity index (χ4n) is 4.08. The lowest BCUT2D eigenvalue weighted by Gasteiger charge is -2.32. The maximum atomic E-state index is 11.6. The van der Waals surface area contributed by atoms with E-state index in [4.69, 9.17) is 14.5 Å². The molecule has 2 heterocycles. The van der Waals surface area contributed by atoms with Crippen LogP contribution in [0, 0.1) is 0 Å². The van der Waals surface area contributed by atoms with Gasteiger partial charge in [0.1, 0.15) is 0 Å². The number of guanidine groups is 1. The van der Waals surface area contributed by atoms with Gasteiger partial charge in [0.05, 0.1) is 25.8 Å². The van der Waals surface area contributed by atoms with Gasteiger partial charge in [-0.3, -0.25) is 9.69 Å². The minimum atomic E-state index is 0. The molecule has 8 nitrogen and oxygen atoms in total. The number of halogens is 1. The molecule has 0 bridgehead atoms. The first-order valence-electron chi connectivity index (χ1n) is 11.9. The van der Waals surface area contributed by atoms with Gasteiger partial charge in [0.15, 0.2) is 5.96 Å². The third-order valence-electron chi connectivity index (χ3n) is 5.98. The summed E-state index contributed by atoms with van der Waals surface area (Å²) in [6.07, 6.45) is 4.26. The molecule has 3 N–H and O–H groups in total. The molecule has 1 aromatic rings. The SMILES string of the molecule is CCNC(=NCc1cccc(COC2CCOCC2)c1)NC1CCN(CC(=O)NC)CC1.I. The summed E-state index contributed by atoms with van der Waals surface area (Å²) < 4.78 is 11.5. The molecule has 0 aromatic heterocycles. The highest BCUT2D eigenvalue weighted by atomic mass is 127. The number of rotatable bonds is 9. The number of hydrogen-bond acceptors (Lipinski definition) is 5. The van der Waals surface area contributed by atoms with Crippen molar-refractivity contribution in [2.45, 2.75) is 57.9 Å². The molecule has 3 rings (SSSR count). The van der Waals surface area contributed by atoms with Crippen LogP contribution in [0.5, 0.6) is 0 Å². The van der Waals surface area contributed by atoms with E-state index < -0.39 is 0 Å². The number of carbonyl (C=O) groups excluding carboxylic acids is 1. The van der Waals surface area contributed by atoms with Crippen molar-refractivity contribution in [1.82, 2.24) is 20.9 Å². The van der Waals surface area contributed by atoms with Crippen LogP contribution in [0.4, 0.5) is 0 Å². The van der Waals surface area contributed by atoms with Crippen LogP contribution in [0.15, 0.2) is 29.3 Å². The van der Waals surface area contributed by atoms with Crippen molar-refractivity contribution < 1.29 is 14.3 Å². The number of nitrogens with zero attached hydrogens (tertiary/aromatic N) is 2. The van der Waals surface area contributed by atoms with Crippen LogP contribution in [-0.2, 0) is 27.4 Å². The zero-order valence-corrected chi connectivity index (χ0v) is 22.3. The Hall–Kier alpha value is -1.43. The Bertz CT molecular complexity index is 735. The van der Waals surface area contributed by atoms with Gasteiger partial charge in [-0.25, -0.2) is 4.99 Å². The number of amides is 1. The number of benzene rings is 1. The Kier molecular flexibility index (Phi) is 13.0. The molecule has 0 saturated carbocycles. The van der Waals surface area contributed by atoms with Crippen LogP contribution in [0.2, 0.25) is 0 Å². The van der Waals surface area contributed by atoms with E-state index in [1.165, 1.54) is 11.1 Å². The highest BCUT2D eigenvalue weighted by Crippen LogP contribution is 2.15. The maximum absolute atomic E-state index is 11.6. The molecule has 0 unspecified atom stereocenters. The summed E-state index contributed by atoms with van der Waals surface area (Å²) in [6, 6.07) is 8.86. The average molecular weight is 574 g/mol. The predicted molar refractivity (Wildman–Crippen MR) is 142 cm³/mol. The number of carbonyl (C=O) groups is 1. The number of hydrogen-bond donors (Lipinski definition) is 3. The van der Waals surface area contributed by atoms with Crippen molar-refractivity contribution in [2.24, 2.45) is 4.99 Å². The van der Waals surface area contributed by atoms with E-state index in [9.17, 15) is 4.79 Å². The molecule has 2 saturated heterocycles. The topological polar surface area (TPSA) is 87.2 Å². The summed E-state index contributed by atoms with van der Waals surface area (Å²) in [4.78, 5) is 18.6. The van der Waals surface area contributed by atoms with Crippen molar-refractivity contribution in [3.05, 3.63) is 35.4 Å². The van der Waals surface area contributed by atoms with E-state index >= 15 is 0 Å². The summed E-state index contributed by atoms with van der Waals surface area (Å²) in [7, 11) is 1.69. The third-order valence-corrected chi connectivity index (χ3v) is 5.98. The zero-order chi connectivity index (χ0) is 22.6. The normalized spacial score (nSPS) is 18.4.